The van der Waals surface area contributed by atoms with Gasteiger partial charge in [0.1, 0.15) is 5.52 Å². The smallest absolute Gasteiger partial charge is 0.227 e. The van der Waals surface area contributed by atoms with Crippen molar-refractivity contribution in [2.24, 2.45) is 0 Å². The maximum absolute atomic E-state index is 8.79. The minimum absolute atomic E-state index is 0.348. The fourth-order valence-corrected chi connectivity index (χ4v) is 5.44. The lowest BCUT2D eigenvalue weighted by atomic mass is 9.88. The molecule has 0 fully saturated rings. The molecule has 4 heteroatoms. The molecular formula is C39H27N3O. The number of allylic oxidation sites excluding steroid dienone is 2. The van der Waals surface area contributed by atoms with Crippen LogP contribution in [0.3, 0.4) is 0 Å². The van der Waals surface area contributed by atoms with Gasteiger partial charge in [-0.15, -0.1) is 0 Å². The number of nitrogens with zero attached hydrogens (tertiary/aromatic N) is 1. The van der Waals surface area contributed by atoms with E-state index in [0.29, 0.717) is 17.3 Å². The van der Waals surface area contributed by atoms with Crippen LogP contribution >= 0.6 is 0 Å². The molecule has 204 valence electrons. The molecule has 7 rings (SSSR count). The van der Waals surface area contributed by atoms with Crippen LogP contribution in [0.15, 0.2) is 156 Å². The van der Waals surface area contributed by atoms with Crippen molar-refractivity contribution in [1.82, 2.24) is 4.98 Å². The van der Waals surface area contributed by atoms with E-state index in [1.807, 2.05) is 78.9 Å². The van der Waals surface area contributed by atoms with Crippen molar-refractivity contribution in [3.8, 4) is 33.7 Å². The van der Waals surface area contributed by atoms with Gasteiger partial charge in [-0.25, -0.2) is 4.98 Å². The van der Waals surface area contributed by atoms with Crippen LogP contribution in [0.25, 0.3) is 55.6 Å². The van der Waals surface area contributed by atoms with E-state index < -0.39 is 0 Å². The number of aromatic nitrogens is 1. The SMILES string of the molecule is N=C(/C=C\C(=N)c1cccc(-c2c(-c3ccc4nc(-c5ccccc5)oc4c3)ccc3ccccc23)c1)c1ccccc1. The maximum Gasteiger partial charge on any atom is 0.227 e. The highest BCUT2D eigenvalue weighted by Crippen LogP contribution is 2.39. The van der Waals surface area contributed by atoms with Crippen molar-refractivity contribution in [3.05, 3.63) is 163 Å². The average molecular weight is 554 g/mol. The summed E-state index contributed by atoms with van der Waals surface area (Å²) in [5.74, 6) is 0.603. The van der Waals surface area contributed by atoms with Crippen LogP contribution in [0.1, 0.15) is 11.1 Å². The monoisotopic (exact) mass is 553 g/mol. The number of rotatable bonds is 7. The van der Waals surface area contributed by atoms with Crippen molar-refractivity contribution in [1.29, 1.82) is 10.8 Å². The molecule has 0 unspecified atom stereocenters. The van der Waals surface area contributed by atoms with Crippen LogP contribution in [0.4, 0.5) is 0 Å². The third kappa shape index (κ3) is 5.18. The minimum atomic E-state index is 0.348. The minimum Gasteiger partial charge on any atom is -0.436 e. The summed E-state index contributed by atoms with van der Waals surface area (Å²) in [6.45, 7) is 0. The van der Waals surface area contributed by atoms with E-state index in [4.69, 9.17) is 20.2 Å². The topological polar surface area (TPSA) is 73.7 Å². The van der Waals surface area contributed by atoms with E-state index in [9.17, 15) is 0 Å². The predicted molar refractivity (Wildman–Crippen MR) is 177 cm³/mol. The molecule has 0 aliphatic heterocycles. The molecule has 0 amide bonds. The van der Waals surface area contributed by atoms with Gasteiger partial charge in [-0.1, -0.05) is 109 Å². The second-order valence-corrected chi connectivity index (χ2v) is 10.4. The van der Waals surface area contributed by atoms with Gasteiger partial charge in [0.15, 0.2) is 5.58 Å². The number of hydrogen-bond donors (Lipinski definition) is 2. The Morgan fingerprint density at radius 1 is 0.558 bits per heavy atom. The first-order valence-electron chi connectivity index (χ1n) is 14.1. The Balaban J connectivity index is 1.30. The number of benzene rings is 6. The average Bonchev–Trinajstić information content (AvgIpc) is 3.51. The summed E-state index contributed by atoms with van der Waals surface area (Å²) in [7, 11) is 0. The molecule has 4 nitrogen and oxygen atoms in total. The Bertz CT molecular complexity index is 2160. The maximum atomic E-state index is 8.79. The van der Waals surface area contributed by atoms with Crippen LogP contribution < -0.4 is 0 Å². The fraction of sp³-hybridized carbons (Fsp3) is 0. The molecule has 0 bridgehead atoms. The molecule has 43 heavy (non-hydrogen) atoms. The first-order chi connectivity index (χ1) is 21.1. The number of oxazole rings is 1. The predicted octanol–water partition coefficient (Wildman–Crippen LogP) is 9.97. The van der Waals surface area contributed by atoms with E-state index in [-0.39, 0.29) is 0 Å². The zero-order chi connectivity index (χ0) is 29.2. The molecule has 1 aromatic heterocycles. The summed E-state index contributed by atoms with van der Waals surface area (Å²) in [6.07, 6.45) is 3.38. The van der Waals surface area contributed by atoms with Gasteiger partial charge in [0, 0.05) is 5.56 Å². The highest BCUT2D eigenvalue weighted by Gasteiger charge is 2.15. The van der Waals surface area contributed by atoms with Gasteiger partial charge in [0.25, 0.3) is 0 Å². The summed E-state index contributed by atoms with van der Waals surface area (Å²) < 4.78 is 6.21. The van der Waals surface area contributed by atoms with Crippen LogP contribution in [-0.2, 0) is 0 Å². The van der Waals surface area contributed by atoms with E-state index in [2.05, 4.69) is 60.7 Å². The standard InChI is InChI=1S/C39H27N3O/c40-34(27-11-3-1-4-12-27)21-22-35(41)30-15-9-16-31(24-30)38-32-17-8-7-10-26(32)18-20-33(38)29-19-23-36-37(25-29)43-39(42-36)28-13-5-2-6-14-28/h1-25,40-41H/b22-21-,40-34?,41-35?. The Kier molecular flexibility index (Phi) is 6.78. The largest absolute Gasteiger partial charge is 0.436 e. The van der Waals surface area contributed by atoms with E-state index in [1.165, 1.54) is 0 Å². The summed E-state index contributed by atoms with van der Waals surface area (Å²) in [6, 6.07) is 46.4. The zero-order valence-electron chi connectivity index (χ0n) is 23.3. The first kappa shape index (κ1) is 26.1. The van der Waals surface area contributed by atoms with Crippen molar-refractivity contribution < 1.29 is 4.42 Å². The van der Waals surface area contributed by atoms with Gasteiger partial charge in [-0.05, 0) is 86.6 Å². The second-order valence-electron chi connectivity index (χ2n) is 10.4. The second kappa shape index (κ2) is 11.2. The third-order valence-electron chi connectivity index (χ3n) is 7.61. The van der Waals surface area contributed by atoms with Crippen LogP contribution in [0.2, 0.25) is 0 Å². The first-order valence-corrected chi connectivity index (χ1v) is 14.1. The summed E-state index contributed by atoms with van der Waals surface area (Å²) >= 11 is 0. The molecule has 2 N–H and O–H groups in total. The van der Waals surface area contributed by atoms with Gasteiger partial charge >= 0.3 is 0 Å². The molecule has 1 heterocycles. The van der Waals surface area contributed by atoms with E-state index in [1.54, 1.807) is 12.2 Å². The van der Waals surface area contributed by atoms with Crippen molar-refractivity contribution in [3.63, 3.8) is 0 Å². The van der Waals surface area contributed by atoms with Gasteiger partial charge < -0.3 is 15.2 Å². The van der Waals surface area contributed by atoms with Crippen molar-refractivity contribution in [2.45, 2.75) is 0 Å². The molecule has 0 spiro atoms. The summed E-state index contributed by atoms with van der Waals surface area (Å²) in [5.41, 5.74) is 9.02. The number of hydrogen-bond acceptors (Lipinski definition) is 4. The molecule has 0 saturated carbocycles. The molecular weight excluding hydrogens is 526 g/mol. The molecule has 0 atom stereocenters. The molecule has 0 radical (unpaired) electrons. The summed E-state index contributed by atoms with van der Waals surface area (Å²) in [4.78, 5) is 4.72. The zero-order valence-corrected chi connectivity index (χ0v) is 23.3. The van der Waals surface area contributed by atoms with E-state index in [0.717, 1.165) is 60.8 Å². The molecule has 0 aliphatic rings. The molecule has 7 aromatic rings. The quantitative estimate of drug-likeness (QED) is 0.193. The van der Waals surface area contributed by atoms with Gasteiger partial charge in [-0.3, -0.25) is 0 Å². The molecule has 6 aromatic carbocycles. The van der Waals surface area contributed by atoms with Crippen LogP contribution in [0, 0.1) is 10.8 Å². The van der Waals surface area contributed by atoms with Crippen LogP contribution in [-0.4, -0.2) is 16.4 Å². The Morgan fingerprint density at radius 3 is 2.05 bits per heavy atom. The Morgan fingerprint density at radius 2 is 1.23 bits per heavy atom. The molecule has 0 aliphatic carbocycles. The summed E-state index contributed by atoms with van der Waals surface area (Å²) in [5, 5.41) is 19.4. The molecule has 0 saturated heterocycles. The number of nitrogens with one attached hydrogen (secondary N) is 2. The van der Waals surface area contributed by atoms with Crippen molar-refractivity contribution in [2.75, 3.05) is 0 Å². The number of fused-ring (bicyclic) bond motifs is 2. The van der Waals surface area contributed by atoms with Crippen LogP contribution in [0.5, 0.6) is 0 Å². The fourth-order valence-electron chi connectivity index (χ4n) is 5.44. The Hall–Kier alpha value is -5.87. The van der Waals surface area contributed by atoms with Crippen molar-refractivity contribution >= 4 is 33.3 Å². The lowest BCUT2D eigenvalue weighted by molar-refractivity contribution is 0.620. The van der Waals surface area contributed by atoms with Gasteiger partial charge in [-0.2, -0.15) is 0 Å². The van der Waals surface area contributed by atoms with E-state index >= 15 is 0 Å². The van der Waals surface area contributed by atoms with Gasteiger partial charge in [0.2, 0.25) is 5.89 Å². The Labute approximate surface area is 249 Å². The lowest BCUT2D eigenvalue weighted by Gasteiger charge is -2.15. The lowest BCUT2D eigenvalue weighted by Crippen LogP contribution is -1.99. The third-order valence-corrected chi connectivity index (χ3v) is 7.61. The normalized spacial score (nSPS) is 11.3. The highest BCUT2D eigenvalue weighted by atomic mass is 16.3. The highest BCUT2D eigenvalue weighted by molar-refractivity contribution is 6.14. The van der Waals surface area contributed by atoms with Gasteiger partial charge in [0.05, 0.1) is 11.4 Å².